The maximum Gasteiger partial charge on any atom is 0.322 e. The van der Waals surface area contributed by atoms with E-state index in [4.69, 9.17) is 0 Å². The van der Waals surface area contributed by atoms with Crippen LogP contribution >= 0.6 is 0 Å². The van der Waals surface area contributed by atoms with E-state index < -0.39 is 28.7 Å². The molecular weight excluding hydrogens is 300 g/mol. The molecule has 0 heterocycles. The molecule has 0 aromatic rings. The Morgan fingerprint density at radius 3 is 1.61 bits per heavy atom. The maximum absolute atomic E-state index is 12.3. The number of hydrogen-bond donors (Lipinski definition) is 3. The summed E-state index contributed by atoms with van der Waals surface area (Å²) >= 11 is 0. The van der Waals surface area contributed by atoms with Crippen molar-refractivity contribution in [3.8, 4) is 0 Å². The van der Waals surface area contributed by atoms with Crippen molar-refractivity contribution in [1.82, 2.24) is 0 Å². The van der Waals surface area contributed by atoms with Gasteiger partial charge in [-0.05, 0) is 31.6 Å². The lowest BCUT2D eigenvalue weighted by Gasteiger charge is -2.46. The first-order valence-corrected chi connectivity index (χ1v) is 8.60. The van der Waals surface area contributed by atoms with Gasteiger partial charge >= 0.3 is 17.9 Å². The Morgan fingerprint density at radius 1 is 0.652 bits per heavy atom. The minimum atomic E-state index is -2.22. The van der Waals surface area contributed by atoms with Gasteiger partial charge in [-0.25, -0.2) is 0 Å². The molecule has 2 fully saturated rings. The Labute approximate surface area is 135 Å². The molecule has 2 saturated carbocycles. The summed E-state index contributed by atoms with van der Waals surface area (Å²) in [5.74, 6) is -4.60. The lowest BCUT2D eigenvalue weighted by atomic mass is 9.53. The second-order valence-corrected chi connectivity index (χ2v) is 7.04. The average Bonchev–Trinajstić information content (AvgIpc) is 2.86. The van der Waals surface area contributed by atoms with Crippen molar-refractivity contribution in [2.75, 3.05) is 0 Å². The Morgan fingerprint density at radius 2 is 1.13 bits per heavy atom. The summed E-state index contributed by atoms with van der Waals surface area (Å²) < 4.78 is 0. The minimum Gasteiger partial charge on any atom is -0.481 e. The molecule has 0 bridgehead atoms. The van der Waals surface area contributed by atoms with E-state index in [1.54, 1.807) is 0 Å². The normalized spacial score (nSPS) is 29.2. The number of hydrogen-bond acceptors (Lipinski definition) is 3. The maximum atomic E-state index is 12.3. The summed E-state index contributed by atoms with van der Waals surface area (Å²) in [7, 11) is 0. The van der Waals surface area contributed by atoms with Crippen molar-refractivity contribution in [3.05, 3.63) is 0 Å². The van der Waals surface area contributed by atoms with Gasteiger partial charge in [0.15, 0.2) is 5.41 Å². The van der Waals surface area contributed by atoms with Crippen LogP contribution in [0.1, 0.15) is 70.6 Å². The predicted molar refractivity (Wildman–Crippen MR) is 82.1 cm³/mol. The van der Waals surface area contributed by atoms with Crippen molar-refractivity contribution in [2.45, 2.75) is 70.6 Å². The summed E-state index contributed by atoms with van der Waals surface area (Å²) in [5.41, 5.74) is -3.92. The molecule has 2 aliphatic carbocycles. The van der Waals surface area contributed by atoms with Crippen molar-refractivity contribution < 1.29 is 29.7 Å². The Kier molecular flexibility index (Phi) is 5.32. The highest BCUT2D eigenvalue weighted by molar-refractivity contribution is 6.04. The average molecular weight is 326 g/mol. The molecule has 0 aromatic carbocycles. The number of carboxylic acid groups (broad SMARTS) is 3. The van der Waals surface area contributed by atoms with Crippen molar-refractivity contribution in [1.29, 1.82) is 0 Å². The highest BCUT2D eigenvalue weighted by atomic mass is 16.4. The van der Waals surface area contributed by atoms with Gasteiger partial charge in [-0.15, -0.1) is 0 Å². The predicted octanol–water partition coefficient (Wildman–Crippen LogP) is 3.15. The molecule has 0 aliphatic heterocycles. The van der Waals surface area contributed by atoms with Gasteiger partial charge in [-0.3, -0.25) is 14.4 Å². The molecule has 0 spiro atoms. The lowest BCUT2D eigenvalue weighted by Crippen LogP contribution is -2.60. The molecule has 2 rings (SSSR count). The summed E-state index contributed by atoms with van der Waals surface area (Å²) in [6.07, 6.45) is 6.65. The zero-order valence-corrected chi connectivity index (χ0v) is 13.4. The van der Waals surface area contributed by atoms with Crippen LogP contribution in [0.3, 0.4) is 0 Å². The summed E-state index contributed by atoms with van der Waals surface area (Å²) in [5, 5.41) is 29.7. The number of carbonyl (C=O) groups is 3. The molecule has 0 radical (unpaired) electrons. The largest absolute Gasteiger partial charge is 0.481 e. The molecule has 6 heteroatoms. The van der Waals surface area contributed by atoms with Gasteiger partial charge < -0.3 is 15.3 Å². The standard InChI is InChI=1S/C17H26O6/c18-13(19)16(12-8-4-1-2-5-9-12)10-6-3-7-11-17(16,14(20)21)15(22)23/h12H,1-11H2,(H,18,19)(H,20,21)(H,22,23). The Balaban J connectivity index is 2.64. The molecule has 23 heavy (non-hydrogen) atoms. The van der Waals surface area contributed by atoms with Gasteiger partial charge in [-0.2, -0.15) is 0 Å². The molecule has 1 atom stereocenters. The third kappa shape index (κ3) is 2.72. The van der Waals surface area contributed by atoms with Gasteiger partial charge in [0.1, 0.15) is 0 Å². The second kappa shape index (κ2) is 6.89. The van der Waals surface area contributed by atoms with E-state index in [1.807, 2.05) is 0 Å². The molecular formula is C17H26O6. The van der Waals surface area contributed by atoms with Crippen LogP contribution < -0.4 is 0 Å². The van der Waals surface area contributed by atoms with Crippen LogP contribution in [0.4, 0.5) is 0 Å². The Bertz CT molecular complexity index is 463. The zero-order chi connectivity index (χ0) is 17.1. The first-order chi connectivity index (χ1) is 10.9. The van der Waals surface area contributed by atoms with E-state index in [-0.39, 0.29) is 18.8 Å². The zero-order valence-electron chi connectivity index (χ0n) is 13.4. The molecule has 3 N–H and O–H groups in total. The first-order valence-electron chi connectivity index (χ1n) is 8.60. The SMILES string of the molecule is O=C(O)C1(C(=O)O)CCCCCC1(C(=O)O)C1CCCCCC1. The van der Waals surface area contributed by atoms with E-state index in [0.29, 0.717) is 32.1 Å². The van der Waals surface area contributed by atoms with Gasteiger partial charge in [-0.1, -0.05) is 44.9 Å². The molecule has 0 amide bonds. The second-order valence-electron chi connectivity index (χ2n) is 7.04. The topological polar surface area (TPSA) is 112 Å². The van der Waals surface area contributed by atoms with E-state index in [2.05, 4.69) is 0 Å². The van der Waals surface area contributed by atoms with Gasteiger partial charge in [0.2, 0.25) is 0 Å². The smallest absolute Gasteiger partial charge is 0.322 e. The number of carboxylic acids is 3. The van der Waals surface area contributed by atoms with Crippen LogP contribution in [0.5, 0.6) is 0 Å². The highest BCUT2D eigenvalue weighted by Crippen LogP contribution is 2.57. The first kappa shape index (κ1) is 17.8. The van der Waals surface area contributed by atoms with Crippen molar-refractivity contribution in [3.63, 3.8) is 0 Å². The third-order valence-corrected chi connectivity index (χ3v) is 6.05. The van der Waals surface area contributed by atoms with Gasteiger partial charge in [0, 0.05) is 0 Å². The van der Waals surface area contributed by atoms with E-state index in [1.165, 1.54) is 0 Å². The molecule has 0 saturated heterocycles. The van der Waals surface area contributed by atoms with E-state index in [9.17, 15) is 29.7 Å². The van der Waals surface area contributed by atoms with Gasteiger partial charge in [0.05, 0.1) is 5.41 Å². The number of rotatable bonds is 4. The van der Waals surface area contributed by atoms with Gasteiger partial charge in [0.25, 0.3) is 0 Å². The molecule has 1 unspecified atom stereocenters. The molecule has 130 valence electrons. The summed E-state index contributed by atoms with van der Waals surface area (Å²) in [6, 6.07) is 0. The number of aliphatic carboxylic acids is 3. The van der Waals surface area contributed by atoms with Crippen LogP contribution in [-0.4, -0.2) is 33.2 Å². The fourth-order valence-electron chi connectivity index (χ4n) is 4.88. The summed E-state index contributed by atoms with van der Waals surface area (Å²) in [6.45, 7) is 0. The van der Waals surface area contributed by atoms with Crippen LogP contribution in [0.2, 0.25) is 0 Å². The van der Waals surface area contributed by atoms with Crippen LogP contribution in [-0.2, 0) is 14.4 Å². The van der Waals surface area contributed by atoms with Crippen LogP contribution in [0, 0.1) is 16.7 Å². The molecule has 6 nitrogen and oxygen atoms in total. The Hall–Kier alpha value is -1.59. The van der Waals surface area contributed by atoms with Crippen LogP contribution in [0.25, 0.3) is 0 Å². The molecule has 2 aliphatic rings. The van der Waals surface area contributed by atoms with E-state index in [0.717, 1.165) is 25.7 Å². The molecule has 0 aromatic heterocycles. The monoisotopic (exact) mass is 326 g/mol. The summed E-state index contributed by atoms with van der Waals surface area (Å²) in [4.78, 5) is 36.5. The highest BCUT2D eigenvalue weighted by Gasteiger charge is 2.68. The fraction of sp³-hybridized carbons (Fsp3) is 0.824. The van der Waals surface area contributed by atoms with Crippen LogP contribution in [0.15, 0.2) is 0 Å². The lowest BCUT2D eigenvalue weighted by molar-refractivity contribution is -0.194. The third-order valence-electron chi connectivity index (χ3n) is 6.05. The van der Waals surface area contributed by atoms with Crippen molar-refractivity contribution >= 4 is 17.9 Å². The quantitative estimate of drug-likeness (QED) is 0.540. The van der Waals surface area contributed by atoms with Crippen molar-refractivity contribution in [2.24, 2.45) is 16.7 Å². The fourth-order valence-corrected chi connectivity index (χ4v) is 4.88. The van der Waals surface area contributed by atoms with E-state index >= 15 is 0 Å². The minimum absolute atomic E-state index is 0.0968.